The van der Waals surface area contributed by atoms with Crippen molar-refractivity contribution in [2.75, 3.05) is 0 Å². The Kier molecular flexibility index (Phi) is 2.54. The van der Waals surface area contributed by atoms with Crippen LogP contribution in [0, 0.1) is 3.57 Å². The smallest absolute Gasteiger partial charge is 0.417 e. The molecule has 0 saturated carbocycles. The first kappa shape index (κ1) is 10.9. The van der Waals surface area contributed by atoms with Crippen LogP contribution in [-0.2, 0) is 0 Å². The second-order valence-electron chi connectivity index (χ2n) is 3.03. The van der Waals surface area contributed by atoms with Crippen LogP contribution in [0.15, 0.2) is 18.5 Å². The topological polar surface area (TPSA) is 92.4 Å². The third kappa shape index (κ3) is 1.62. The summed E-state index contributed by atoms with van der Waals surface area (Å²) in [6, 6.07) is 1.41. The van der Waals surface area contributed by atoms with E-state index < -0.39 is 12.1 Å². The highest BCUT2D eigenvalue weighted by Crippen LogP contribution is 2.22. The molecule has 0 unspecified atom stereocenters. The average Bonchev–Trinajstić information content (AvgIpc) is 2.56. The highest BCUT2D eigenvalue weighted by molar-refractivity contribution is 14.1. The van der Waals surface area contributed by atoms with E-state index in [1.54, 1.807) is 0 Å². The van der Waals surface area contributed by atoms with Gasteiger partial charge in [-0.3, -0.25) is 0 Å². The van der Waals surface area contributed by atoms with Gasteiger partial charge in [-0.05, 0) is 28.7 Å². The van der Waals surface area contributed by atoms with Crippen LogP contribution in [0.1, 0.15) is 10.4 Å². The molecule has 2 heterocycles. The van der Waals surface area contributed by atoms with Crippen molar-refractivity contribution in [3.05, 3.63) is 27.6 Å². The highest BCUT2D eigenvalue weighted by atomic mass is 127. The molecule has 2 aromatic rings. The number of aromatic nitrogens is 2. The van der Waals surface area contributed by atoms with Crippen LogP contribution in [-0.4, -0.2) is 31.8 Å². The molecule has 0 amide bonds. The van der Waals surface area contributed by atoms with Crippen molar-refractivity contribution >= 4 is 45.7 Å². The number of carboxylic acid groups (broad SMARTS) is 2. The summed E-state index contributed by atoms with van der Waals surface area (Å²) in [6.45, 7) is 0. The fraction of sp³-hybridized carbons (Fsp3) is 0. The fourth-order valence-corrected chi connectivity index (χ4v) is 2.01. The summed E-state index contributed by atoms with van der Waals surface area (Å²) in [5, 5.41) is 18.2. The summed E-state index contributed by atoms with van der Waals surface area (Å²) in [7, 11) is 0. The molecule has 16 heavy (non-hydrogen) atoms. The van der Waals surface area contributed by atoms with Crippen LogP contribution in [0.2, 0.25) is 0 Å². The molecule has 2 rings (SSSR count). The molecule has 0 aliphatic carbocycles. The van der Waals surface area contributed by atoms with Gasteiger partial charge in [-0.2, -0.15) is 0 Å². The third-order valence-electron chi connectivity index (χ3n) is 2.05. The van der Waals surface area contributed by atoms with Crippen LogP contribution in [0.4, 0.5) is 4.79 Å². The molecule has 82 valence electrons. The standard InChI is InChI=1S/C9H5IN2O4/c10-6-3-12(9(15)16)7-5(6)1-4(2-11-7)8(13)14/h1-3H,(H,13,14)(H,15,16). The van der Waals surface area contributed by atoms with E-state index in [9.17, 15) is 9.59 Å². The molecule has 0 aliphatic rings. The molecule has 6 nitrogen and oxygen atoms in total. The molecule has 2 N–H and O–H groups in total. The first-order valence-electron chi connectivity index (χ1n) is 4.14. The zero-order valence-corrected chi connectivity index (χ0v) is 9.87. The molecule has 0 bridgehead atoms. The lowest BCUT2D eigenvalue weighted by atomic mass is 10.2. The predicted octanol–water partition coefficient (Wildman–Crippen LogP) is 1.87. The summed E-state index contributed by atoms with van der Waals surface area (Å²) in [5.74, 6) is -1.09. The van der Waals surface area contributed by atoms with Crippen molar-refractivity contribution in [3.63, 3.8) is 0 Å². The minimum atomic E-state index is -1.15. The Bertz CT molecular complexity index is 605. The lowest BCUT2D eigenvalue weighted by Crippen LogP contribution is -2.07. The molecule has 0 radical (unpaired) electrons. The Morgan fingerprint density at radius 2 is 2.06 bits per heavy atom. The number of hydrogen-bond acceptors (Lipinski definition) is 3. The van der Waals surface area contributed by atoms with Crippen LogP contribution in [0.3, 0.4) is 0 Å². The second kappa shape index (κ2) is 3.74. The van der Waals surface area contributed by atoms with Gasteiger partial charge in [0.2, 0.25) is 0 Å². The van der Waals surface area contributed by atoms with Gasteiger partial charge in [0.15, 0.2) is 5.65 Å². The van der Waals surface area contributed by atoms with Crippen molar-refractivity contribution in [2.24, 2.45) is 0 Å². The lowest BCUT2D eigenvalue weighted by Gasteiger charge is -1.97. The maximum Gasteiger partial charge on any atom is 0.417 e. The summed E-state index contributed by atoms with van der Waals surface area (Å²) in [4.78, 5) is 25.4. The number of carbonyl (C=O) groups is 2. The Morgan fingerprint density at radius 1 is 1.38 bits per heavy atom. The van der Waals surface area contributed by atoms with Gasteiger partial charge >= 0.3 is 12.1 Å². The molecular formula is C9H5IN2O4. The lowest BCUT2D eigenvalue weighted by molar-refractivity contribution is 0.0696. The number of pyridine rings is 1. The van der Waals surface area contributed by atoms with E-state index in [-0.39, 0.29) is 11.2 Å². The Morgan fingerprint density at radius 3 is 2.62 bits per heavy atom. The van der Waals surface area contributed by atoms with Gasteiger partial charge in [0.1, 0.15) is 0 Å². The maximum atomic E-state index is 10.9. The van der Waals surface area contributed by atoms with E-state index in [0.29, 0.717) is 8.96 Å². The van der Waals surface area contributed by atoms with Crippen molar-refractivity contribution < 1.29 is 19.8 Å². The van der Waals surface area contributed by atoms with Gasteiger partial charge in [0.25, 0.3) is 0 Å². The fourth-order valence-electron chi connectivity index (χ4n) is 1.33. The summed E-state index contributed by atoms with van der Waals surface area (Å²) in [5.41, 5.74) is 0.274. The number of nitrogens with zero attached hydrogens (tertiary/aromatic N) is 2. The second-order valence-corrected chi connectivity index (χ2v) is 4.19. The Balaban J connectivity index is 2.76. The number of halogens is 1. The summed E-state index contributed by atoms with van der Waals surface area (Å²) >= 11 is 1.94. The predicted molar refractivity (Wildman–Crippen MR) is 62.8 cm³/mol. The monoisotopic (exact) mass is 332 g/mol. The quantitative estimate of drug-likeness (QED) is 0.778. The van der Waals surface area contributed by atoms with Crippen molar-refractivity contribution in [1.82, 2.24) is 9.55 Å². The van der Waals surface area contributed by atoms with E-state index in [1.807, 2.05) is 22.6 Å². The highest BCUT2D eigenvalue weighted by Gasteiger charge is 2.14. The van der Waals surface area contributed by atoms with E-state index in [0.717, 1.165) is 10.8 Å². The van der Waals surface area contributed by atoms with Gasteiger partial charge in [-0.15, -0.1) is 0 Å². The van der Waals surface area contributed by atoms with E-state index in [4.69, 9.17) is 10.2 Å². The van der Waals surface area contributed by atoms with Gasteiger partial charge in [0.05, 0.1) is 5.56 Å². The normalized spacial score (nSPS) is 10.6. The minimum absolute atomic E-state index is 0.0357. The van der Waals surface area contributed by atoms with Gasteiger partial charge < -0.3 is 10.2 Å². The van der Waals surface area contributed by atoms with Crippen molar-refractivity contribution in [3.8, 4) is 0 Å². The Labute approximate surface area is 103 Å². The van der Waals surface area contributed by atoms with Crippen LogP contribution < -0.4 is 0 Å². The Hall–Kier alpha value is -1.64. The minimum Gasteiger partial charge on any atom is -0.478 e. The number of fused-ring (bicyclic) bond motifs is 1. The number of aromatic carboxylic acids is 1. The van der Waals surface area contributed by atoms with Crippen molar-refractivity contribution in [1.29, 1.82) is 0 Å². The number of rotatable bonds is 1. The maximum absolute atomic E-state index is 10.9. The molecule has 0 aliphatic heterocycles. The van der Waals surface area contributed by atoms with Gasteiger partial charge in [0, 0.05) is 21.4 Å². The number of carboxylic acids is 1. The molecule has 0 spiro atoms. The SMILES string of the molecule is O=C(O)c1cnc2c(c1)c(I)cn2C(=O)O. The molecule has 0 fully saturated rings. The average molecular weight is 332 g/mol. The zero-order chi connectivity index (χ0) is 11.9. The van der Waals surface area contributed by atoms with E-state index in [1.165, 1.54) is 12.3 Å². The first-order valence-corrected chi connectivity index (χ1v) is 5.22. The van der Waals surface area contributed by atoms with Gasteiger partial charge in [-0.1, -0.05) is 0 Å². The van der Waals surface area contributed by atoms with Crippen LogP contribution in [0.5, 0.6) is 0 Å². The first-order chi connectivity index (χ1) is 7.50. The van der Waals surface area contributed by atoms with Gasteiger partial charge in [-0.25, -0.2) is 19.1 Å². The van der Waals surface area contributed by atoms with Crippen LogP contribution >= 0.6 is 22.6 Å². The zero-order valence-electron chi connectivity index (χ0n) is 7.72. The third-order valence-corrected chi connectivity index (χ3v) is 2.91. The largest absolute Gasteiger partial charge is 0.478 e. The van der Waals surface area contributed by atoms with Crippen LogP contribution in [0.25, 0.3) is 11.0 Å². The molecular weight excluding hydrogens is 327 g/mol. The van der Waals surface area contributed by atoms with E-state index >= 15 is 0 Å². The molecule has 0 saturated heterocycles. The molecule has 0 aromatic carbocycles. The van der Waals surface area contributed by atoms with E-state index in [2.05, 4.69) is 4.98 Å². The molecule has 7 heteroatoms. The number of hydrogen-bond donors (Lipinski definition) is 2. The summed E-state index contributed by atoms with van der Waals surface area (Å²) < 4.78 is 1.61. The van der Waals surface area contributed by atoms with Crippen molar-refractivity contribution in [2.45, 2.75) is 0 Å². The molecule has 2 aromatic heterocycles. The summed E-state index contributed by atoms with van der Waals surface area (Å²) in [6.07, 6.45) is 1.38. The molecule has 0 atom stereocenters.